The summed E-state index contributed by atoms with van der Waals surface area (Å²) in [6.07, 6.45) is 0. The lowest BCUT2D eigenvalue weighted by Gasteiger charge is -2.11. The largest absolute Gasteiger partial charge is 0.509 e. The van der Waals surface area contributed by atoms with Crippen molar-refractivity contribution in [3.63, 3.8) is 0 Å². The lowest BCUT2D eigenvalue weighted by Crippen LogP contribution is -2.24. The Hall–Kier alpha value is -4.89. The average Bonchev–Trinajstić information content (AvgIpc) is 3.43. The molecule has 13 nitrogen and oxygen atoms in total. The topological polar surface area (TPSA) is 206 Å². The van der Waals surface area contributed by atoms with E-state index in [1.807, 2.05) is 9.13 Å². The fourth-order valence-electron chi connectivity index (χ4n) is 4.98. The van der Waals surface area contributed by atoms with E-state index in [9.17, 15) is 29.1 Å². The first-order valence-electron chi connectivity index (χ1n) is 13.3. The second-order valence-corrected chi connectivity index (χ2v) is 12.1. The zero-order valence-corrected chi connectivity index (χ0v) is 26.0. The zero-order valence-electron chi connectivity index (χ0n) is 24.3. The van der Waals surface area contributed by atoms with Gasteiger partial charge in [0.2, 0.25) is 0 Å². The number of amides is 2. The number of fused-ring (bicyclic) bond motifs is 2. The monoisotopic (exact) mass is 654 g/mol. The van der Waals surface area contributed by atoms with Crippen LogP contribution in [0, 0.1) is 13.8 Å². The Morgan fingerprint density at radius 2 is 1.18 bits per heavy atom. The van der Waals surface area contributed by atoms with Gasteiger partial charge in [-0.1, -0.05) is 18.7 Å². The van der Waals surface area contributed by atoms with Crippen LogP contribution in [0.4, 0.5) is 0 Å². The van der Waals surface area contributed by atoms with Crippen molar-refractivity contribution >= 4 is 74.7 Å². The normalized spacial score (nSPS) is 11.1. The molecule has 4 rings (SSSR count). The van der Waals surface area contributed by atoms with E-state index in [-0.39, 0.29) is 35.0 Å². The van der Waals surface area contributed by atoms with Crippen LogP contribution in [0.2, 0.25) is 0 Å². The third-order valence-electron chi connectivity index (χ3n) is 6.88. The van der Waals surface area contributed by atoms with E-state index in [1.165, 1.54) is 29.6 Å². The minimum Gasteiger partial charge on any atom is -0.509 e. The lowest BCUT2D eigenvalue weighted by molar-refractivity contribution is -0.139. The Balaban J connectivity index is 1.59. The number of aliphatic carboxylic acids is 1. The van der Waals surface area contributed by atoms with Crippen LogP contribution in [0.3, 0.4) is 0 Å². The van der Waals surface area contributed by atoms with Gasteiger partial charge in [0.15, 0.2) is 6.61 Å². The average molecular weight is 655 g/mol. The van der Waals surface area contributed by atoms with Gasteiger partial charge in [0.1, 0.15) is 23.9 Å². The number of carbonyl (C=O) groups is 5. The number of thioether (sulfide) groups is 2. The maximum absolute atomic E-state index is 12.8. The number of aliphatic hydroxyl groups excluding tert-OH is 1. The number of rotatable bonds is 16. The van der Waals surface area contributed by atoms with Crippen molar-refractivity contribution in [3.05, 3.63) is 71.3 Å². The van der Waals surface area contributed by atoms with Crippen molar-refractivity contribution in [2.24, 2.45) is 11.5 Å². The number of nitrogens with two attached hydrogens (primary N) is 2. The Bertz CT molecular complexity index is 1740. The van der Waals surface area contributed by atoms with Gasteiger partial charge in [-0.15, -0.1) is 23.5 Å². The number of ether oxygens (including phenoxy) is 2. The van der Waals surface area contributed by atoms with E-state index in [1.54, 1.807) is 44.2 Å². The van der Waals surface area contributed by atoms with Gasteiger partial charge < -0.3 is 40.3 Å². The first-order chi connectivity index (χ1) is 21.3. The number of carboxylic acid groups (broad SMARTS) is 1. The van der Waals surface area contributed by atoms with Gasteiger partial charge in [-0.2, -0.15) is 0 Å². The molecule has 45 heavy (non-hydrogen) atoms. The molecule has 236 valence electrons. The molecule has 2 heterocycles. The first kappa shape index (κ1) is 33.0. The van der Waals surface area contributed by atoms with Crippen molar-refractivity contribution in [1.82, 2.24) is 9.13 Å². The second-order valence-electron chi connectivity index (χ2n) is 9.79. The van der Waals surface area contributed by atoms with Crippen LogP contribution in [-0.2, 0) is 26.1 Å². The number of primary amides is 2. The molecular weight excluding hydrogens is 624 g/mol. The smallest absolute Gasteiger partial charge is 0.341 e. The summed E-state index contributed by atoms with van der Waals surface area (Å²) in [6.45, 7) is 5.95. The summed E-state index contributed by atoms with van der Waals surface area (Å²) in [7, 11) is 0. The summed E-state index contributed by atoms with van der Waals surface area (Å²) < 4.78 is 14.8. The number of hydrogen-bond donors (Lipinski definition) is 4. The lowest BCUT2D eigenvalue weighted by atomic mass is 10.1. The molecule has 2 aromatic carbocycles. The van der Waals surface area contributed by atoms with Crippen molar-refractivity contribution < 1.29 is 43.7 Å². The summed E-state index contributed by atoms with van der Waals surface area (Å²) in [5, 5.41) is 19.8. The molecule has 0 saturated carbocycles. The van der Waals surface area contributed by atoms with Gasteiger partial charge in [-0.3, -0.25) is 19.2 Å². The number of aliphatic hydroxyl groups is 1. The van der Waals surface area contributed by atoms with Crippen molar-refractivity contribution in [3.8, 4) is 11.5 Å². The number of benzene rings is 2. The van der Waals surface area contributed by atoms with Crippen LogP contribution >= 0.6 is 23.5 Å². The van der Waals surface area contributed by atoms with Crippen LogP contribution in [0.15, 0.2) is 48.7 Å². The number of Topliss-reactive ketones (excluding diaryl/α,β-unsaturated/α-hetero) is 2. The zero-order chi connectivity index (χ0) is 33.0. The van der Waals surface area contributed by atoms with Crippen molar-refractivity contribution in [2.45, 2.75) is 25.6 Å². The van der Waals surface area contributed by atoms with Gasteiger partial charge in [-0.05, 0) is 38.1 Å². The van der Waals surface area contributed by atoms with E-state index in [0.717, 1.165) is 0 Å². The molecule has 0 radical (unpaired) electrons. The molecule has 0 saturated heterocycles. The molecule has 0 unspecified atom stereocenters. The molecule has 2 amide bonds. The summed E-state index contributed by atoms with van der Waals surface area (Å²) >= 11 is 3.02. The number of nitrogens with zero attached hydrogens (tertiary/aromatic N) is 2. The minimum atomic E-state index is -1.20. The van der Waals surface area contributed by atoms with Crippen molar-refractivity contribution in [1.29, 1.82) is 0 Å². The van der Waals surface area contributed by atoms with Gasteiger partial charge in [0.05, 0.1) is 44.7 Å². The molecule has 0 aliphatic rings. The SMILES string of the molecule is C=C(O)COc1cccc2c1c(C(=O)C(N)=O)c(C)n2CSCSCn1c(C)c(C(=O)C(N)=O)c2c(OCC(=O)O)cccc21. The quantitative estimate of drug-likeness (QED) is 0.0452. The molecule has 0 bridgehead atoms. The third kappa shape index (κ3) is 6.78. The van der Waals surface area contributed by atoms with Crippen LogP contribution in [0.25, 0.3) is 21.8 Å². The Labute approximate surface area is 265 Å². The number of aromatic nitrogens is 2. The molecular formula is C30H30N4O9S2. The molecule has 2 aromatic heterocycles. The Morgan fingerprint density at radius 1 is 0.756 bits per heavy atom. The van der Waals surface area contributed by atoms with E-state index in [4.69, 9.17) is 26.0 Å². The standard InChI is InChI=1S/C30H30N4O9S2/c1-15(35)10-42-20-8-4-6-18-25(20)23(27(38)29(31)40)16(2)33(18)12-44-14-45-13-34-17(3)24(28(39)30(32)41)26-19(34)7-5-9-21(26)43-11-22(36)37/h4-9,35H,1,10-14H2,2-3H3,(H2,31,40)(H2,32,41)(H,36,37). The highest BCUT2D eigenvalue weighted by molar-refractivity contribution is 8.15. The maximum Gasteiger partial charge on any atom is 0.341 e. The fraction of sp³-hybridized carbons (Fsp3) is 0.233. The molecule has 6 N–H and O–H groups in total. The minimum absolute atomic E-state index is 0.0515. The second kappa shape index (κ2) is 13.8. The number of carboxylic acids is 1. The summed E-state index contributed by atoms with van der Waals surface area (Å²) in [4.78, 5) is 60.5. The number of ketones is 2. The highest BCUT2D eigenvalue weighted by atomic mass is 32.2. The van der Waals surface area contributed by atoms with Gasteiger partial charge in [0, 0.05) is 16.5 Å². The Morgan fingerprint density at radius 3 is 1.56 bits per heavy atom. The Kier molecular flexibility index (Phi) is 10.1. The van der Waals surface area contributed by atoms with Crippen LogP contribution in [-0.4, -0.2) is 67.0 Å². The van der Waals surface area contributed by atoms with Gasteiger partial charge in [-0.25, -0.2) is 4.79 Å². The molecule has 0 aliphatic heterocycles. The van der Waals surface area contributed by atoms with E-state index in [0.29, 0.717) is 50.0 Å². The summed E-state index contributed by atoms with van der Waals surface area (Å²) in [5.74, 6) is -4.25. The molecule has 15 heteroatoms. The predicted octanol–water partition coefficient (Wildman–Crippen LogP) is 3.50. The van der Waals surface area contributed by atoms with Crippen LogP contribution in [0.5, 0.6) is 11.5 Å². The first-order valence-corrected chi connectivity index (χ1v) is 15.6. The van der Waals surface area contributed by atoms with Crippen LogP contribution < -0.4 is 20.9 Å². The molecule has 4 aromatic rings. The molecule has 0 fully saturated rings. The summed E-state index contributed by atoms with van der Waals surface area (Å²) in [6, 6.07) is 10.0. The molecule has 0 aliphatic carbocycles. The number of carbonyl (C=O) groups excluding carboxylic acids is 4. The highest BCUT2D eigenvalue weighted by Crippen LogP contribution is 2.37. The predicted molar refractivity (Wildman–Crippen MR) is 171 cm³/mol. The molecule has 0 spiro atoms. The van der Waals surface area contributed by atoms with E-state index >= 15 is 0 Å². The van der Waals surface area contributed by atoms with E-state index in [2.05, 4.69) is 6.58 Å². The summed E-state index contributed by atoms with van der Waals surface area (Å²) in [5.41, 5.74) is 13.0. The highest BCUT2D eigenvalue weighted by Gasteiger charge is 2.27. The maximum atomic E-state index is 12.8. The van der Waals surface area contributed by atoms with Crippen LogP contribution in [0.1, 0.15) is 32.1 Å². The van der Waals surface area contributed by atoms with E-state index < -0.39 is 36.0 Å². The fourth-order valence-corrected chi connectivity index (χ4v) is 7.07. The number of hydrogen-bond acceptors (Lipinski definition) is 10. The third-order valence-corrected chi connectivity index (χ3v) is 9.09. The molecule has 0 atom stereocenters. The van der Waals surface area contributed by atoms with Gasteiger partial charge in [0.25, 0.3) is 23.4 Å². The van der Waals surface area contributed by atoms with Crippen molar-refractivity contribution in [2.75, 3.05) is 18.3 Å². The van der Waals surface area contributed by atoms with Gasteiger partial charge >= 0.3 is 5.97 Å².